The molecule has 1 N–H and O–H groups in total. The number of hydrogen-bond donors (Lipinski definition) is 1. The average molecular weight is 674 g/mol. The van der Waals surface area contributed by atoms with Gasteiger partial charge >= 0.3 is 0 Å². The van der Waals surface area contributed by atoms with Crippen LogP contribution in [0.4, 0.5) is 11.4 Å². The van der Waals surface area contributed by atoms with Crippen molar-refractivity contribution >= 4 is 40.9 Å². The molecule has 258 valence electrons. The molecule has 0 aromatic heterocycles. The van der Waals surface area contributed by atoms with Gasteiger partial charge in [0.2, 0.25) is 11.8 Å². The van der Waals surface area contributed by atoms with Crippen molar-refractivity contribution in [1.29, 1.82) is 0 Å². The van der Waals surface area contributed by atoms with Crippen LogP contribution in [0.25, 0.3) is 0 Å². The summed E-state index contributed by atoms with van der Waals surface area (Å²) in [4.78, 5) is 50.3. The summed E-state index contributed by atoms with van der Waals surface area (Å²) in [6.07, 6.45) is 5.27. The number of anilines is 2. The molecule has 3 aliphatic heterocycles. The van der Waals surface area contributed by atoms with Crippen LogP contribution in [0, 0.1) is 31.6 Å². The molecule has 6 atom stereocenters. The minimum absolute atomic E-state index is 0.149. The van der Waals surface area contributed by atoms with E-state index < -0.39 is 33.4 Å². The molecule has 8 nitrogen and oxygen atoms in total. The van der Waals surface area contributed by atoms with Crippen molar-refractivity contribution in [1.82, 2.24) is 4.90 Å². The van der Waals surface area contributed by atoms with Crippen LogP contribution < -0.4 is 14.5 Å². The van der Waals surface area contributed by atoms with Gasteiger partial charge in [-0.3, -0.25) is 14.4 Å². The lowest BCUT2D eigenvalue weighted by molar-refractivity contribution is -0.142. The highest BCUT2D eigenvalue weighted by atomic mass is 32.2. The van der Waals surface area contributed by atoms with E-state index in [9.17, 15) is 9.90 Å². The normalized spacial score (nSPS) is 26.4. The number of aryl methyl sites for hydroxylation is 2. The molecule has 0 saturated carbocycles. The van der Waals surface area contributed by atoms with Gasteiger partial charge < -0.3 is 24.5 Å². The van der Waals surface area contributed by atoms with Gasteiger partial charge in [-0.2, -0.15) is 0 Å². The first kappa shape index (κ1) is 35.7. The van der Waals surface area contributed by atoms with Crippen LogP contribution in [0.1, 0.15) is 58.1 Å². The fourth-order valence-electron chi connectivity index (χ4n) is 8.54. The molecule has 3 aliphatic rings. The third kappa shape index (κ3) is 5.98. The number of ether oxygens (including phenoxy) is 1. The van der Waals surface area contributed by atoms with Gasteiger partial charge in [0.1, 0.15) is 11.8 Å². The van der Waals surface area contributed by atoms with E-state index in [0.717, 1.165) is 16.8 Å². The molecule has 0 radical (unpaired) electrons. The number of thioether (sulfide) groups is 1. The van der Waals surface area contributed by atoms with Crippen LogP contribution in [0.2, 0.25) is 0 Å². The highest BCUT2D eigenvalue weighted by Gasteiger charge is 2.78. The zero-order valence-electron chi connectivity index (χ0n) is 29.3. The number of benzene rings is 2. The third-order valence-electron chi connectivity index (χ3n) is 10.4. The van der Waals surface area contributed by atoms with Gasteiger partial charge in [0.05, 0.1) is 35.8 Å². The number of aliphatic hydroxyl groups excluding tert-OH is 1. The molecule has 1 spiro atoms. The zero-order chi connectivity index (χ0) is 35.0. The summed E-state index contributed by atoms with van der Waals surface area (Å²) in [5.41, 5.74) is 3.41. The minimum Gasteiger partial charge on any atom is -0.494 e. The highest BCUT2D eigenvalue weighted by Crippen LogP contribution is 2.72. The van der Waals surface area contributed by atoms with Crippen LogP contribution in [0.5, 0.6) is 5.75 Å². The summed E-state index contributed by atoms with van der Waals surface area (Å²) in [5.74, 6) is -1.05. The largest absolute Gasteiger partial charge is 0.494 e. The van der Waals surface area contributed by atoms with Gasteiger partial charge in [0, 0.05) is 29.2 Å². The summed E-state index contributed by atoms with van der Waals surface area (Å²) >= 11 is 1.65. The van der Waals surface area contributed by atoms with Crippen LogP contribution in [-0.2, 0) is 14.4 Å². The Balaban J connectivity index is 1.64. The van der Waals surface area contributed by atoms with E-state index in [0.29, 0.717) is 37.3 Å². The minimum atomic E-state index is -0.854. The SMILES string of the molecule is C=CCN(C(=O)[C@@H]1[C@H]2C(=O)N([C@@H](CO)CC(C)C)C(C(=O)N(CC=C)c3c(C)cccc3C)C23CC[C@@]1(C)S3)c1ccc(OCC)cc1. The first-order chi connectivity index (χ1) is 22.9. The molecule has 2 aromatic carbocycles. The lowest BCUT2D eigenvalue weighted by Gasteiger charge is -2.40. The number of rotatable bonds is 14. The van der Waals surface area contributed by atoms with Crippen LogP contribution in [-0.4, -0.2) is 75.6 Å². The van der Waals surface area contributed by atoms with Crippen molar-refractivity contribution in [3.63, 3.8) is 0 Å². The van der Waals surface area contributed by atoms with Crippen molar-refractivity contribution in [3.8, 4) is 5.75 Å². The Morgan fingerprint density at radius 2 is 1.67 bits per heavy atom. The van der Waals surface area contributed by atoms with E-state index in [1.165, 1.54) is 0 Å². The lowest BCUT2D eigenvalue weighted by atomic mass is 9.66. The second-order valence-electron chi connectivity index (χ2n) is 14.1. The number of amides is 3. The molecule has 2 bridgehead atoms. The topological polar surface area (TPSA) is 90.4 Å². The summed E-state index contributed by atoms with van der Waals surface area (Å²) < 4.78 is 4.25. The number of nitrogens with zero attached hydrogens (tertiary/aromatic N) is 3. The quantitative estimate of drug-likeness (QED) is 0.236. The van der Waals surface area contributed by atoms with Gasteiger partial charge in [-0.05, 0) is 88.3 Å². The van der Waals surface area contributed by atoms with Gasteiger partial charge in [-0.15, -0.1) is 24.9 Å². The Bertz CT molecular complexity index is 1540. The molecule has 2 aromatic rings. The highest BCUT2D eigenvalue weighted by molar-refractivity contribution is 8.02. The Hall–Kier alpha value is -3.56. The molecule has 2 unspecified atom stereocenters. The van der Waals surface area contributed by atoms with Crippen LogP contribution in [0.3, 0.4) is 0 Å². The van der Waals surface area contributed by atoms with E-state index in [1.807, 2.05) is 63.2 Å². The second kappa shape index (κ2) is 14.1. The van der Waals surface area contributed by atoms with Gasteiger partial charge in [-0.25, -0.2) is 0 Å². The Morgan fingerprint density at radius 3 is 2.23 bits per heavy atom. The predicted octanol–water partition coefficient (Wildman–Crippen LogP) is 6.33. The van der Waals surface area contributed by atoms with Crippen molar-refractivity contribution in [2.45, 2.75) is 82.4 Å². The van der Waals surface area contributed by atoms with E-state index in [1.54, 1.807) is 38.6 Å². The molecule has 3 amide bonds. The number of carbonyl (C=O) groups is 3. The summed E-state index contributed by atoms with van der Waals surface area (Å²) in [6, 6.07) is 11.9. The maximum Gasteiger partial charge on any atom is 0.251 e. The Kier molecular flexibility index (Phi) is 10.5. The van der Waals surface area contributed by atoms with Crippen molar-refractivity contribution < 1.29 is 24.2 Å². The average Bonchev–Trinajstić information content (AvgIpc) is 3.62. The fourth-order valence-corrected chi connectivity index (χ4v) is 10.9. The molecule has 0 aliphatic carbocycles. The van der Waals surface area contributed by atoms with Crippen LogP contribution in [0.15, 0.2) is 67.8 Å². The van der Waals surface area contributed by atoms with E-state index in [4.69, 9.17) is 4.74 Å². The molecule has 48 heavy (non-hydrogen) atoms. The Labute approximate surface area is 290 Å². The summed E-state index contributed by atoms with van der Waals surface area (Å²) in [7, 11) is 0. The number of fused-ring (bicyclic) bond motifs is 1. The number of hydrogen-bond acceptors (Lipinski definition) is 6. The van der Waals surface area contributed by atoms with Crippen molar-refractivity contribution in [2.75, 3.05) is 36.1 Å². The molecule has 9 heteroatoms. The fraction of sp³-hybridized carbons (Fsp3) is 0.513. The number of likely N-dealkylation sites (tertiary alicyclic amines) is 1. The first-order valence-electron chi connectivity index (χ1n) is 17.2. The predicted molar refractivity (Wildman–Crippen MR) is 195 cm³/mol. The third-order valence-corrected chi connectivity index (χ3v) is 12.4. The second-order valence-corrected chi connectivity index (χ2v) is 16.0. The summed E-state index contributed by atoms with van der Waals surface area (Å²) in [5, 5.41) is 10.8. The van der Waals surface area contributed by atoms with Crippen molar-refractivity contribution in [2.24, 2.45) is 17.8 Å². The molecule has 3 fully saturated rings. The van der Waals surface area contributed by atoms with Crippen molar-refractivity contribution in [3.05, 3.63) is 78.9 Å². The smallest absolute Gasteiger partial charge is 0.251 e. The maximum atomic E-state index is 15.2. The molecule has 3 saturated heterocycles. The molecule has 5 rings (SSSR count). The summed E-state index contributed by atoms with van der Waals surface area (Å²) in [6.45, 7) is 20.8. The Morgan fingerprint density at radius 1 is 1.04 bits per heavy atom. The van der Waals surface area contributed by atoms with E-state index in [-0.39, 0.29) is 43.3 Å². The zero-order valence-corrected chi connectivity index (χ0v) is 30.1. The number of aliphatic hydroxyl groups is 1. The van der Waals surface area contributed by atoms with E-state index in [2.05, 4.69) is 33.9 Å². The lowest BCUT2D eigenvalue weighted by Crippen LogP contribution is -2.58. The van der Waals surface area contributed by atoms with Gasteiger partial charge in [-0.1, -0.05) is 44.2 Å². The van der Waals surface area contributed by atoms with Gasteiger partial charge in [0.15, 0.2) is 0 Å². The number of para-hydroxylation sites is 1. The first-order valence-corrected chi connectivity index (χ1v) is 18.0. The van der Waals surface area contributed by atoms with E-state index >= 15 is 9.59 Å². The standard InChI is InChI=1S/C39H51N3O5S/c1-9-21-40(28-15-17-30(18-16-28)47-11-3)35(44)31-32-36(45)42(29(24-43)23-25(4)5)34(39(32)20-19-38(31,8)48-39)37(46)41(22-10-2)33-26(6)13-12-14-27(33)7/h9-10,12-18,25,29,31-32,34,43H,1-2,11,19-24H2,3-8H3/t29-,31+,32+,34?,38-,39?/m1/s1. The molecule has 3 heterocycles. The van der Waals surface area contributed by atoms with Crippen LogP contribution >= 0.6 is 11.8 Å². The maximum absolute atomic E-state index is 15.2. The molecular weight excluding hydrogens is 623 g/mol. The van der Waals surface area contributed by atoms with Gasteiger partial charge in [0.25, 0.3) is 5.91 Å². The monoisotopic (exact) mass is 673 g/mol. The number of carbonyl (C=O) groups excluding carboxylic acids is 3. The molecular formula is C39H51N3O5S.